The van der Waals surface area contributed by atoms with Gasteiger partial charge in [-0.15, -0.1) is 11.3 Å². The van der Waals surface area contributed by atoms with Gasteiger partial charge in [-0.25, -0.2) is 0 Å². The highest BCUT2D eigenvalue weighted by Gasteiger charge is 2.16. The Labute approximate surface area is 354 Å². The molecule has 0 amide bonds. The van der Waals surface area contributed by atoms with Crippen LogP contribution in [-0.4, -0.2) is 0 Å². The van der Waals surface area contributed by atoms with Crippen molar-refractivity contribution in [2.75, 3.05) is 4.90 Å². The molecule has 1 heterocycles. The summed E-state index contributed by atoms with van der Waals surface area (Å²) in [6, 6.07) is 86.1. The van der Waals surface area contributed by atoms with Crippen molar-refractivity contribution < 1.29 is 0 Å². The van der Waals surface area contributed by atoms with Crippen LogP contribution in [0.25, 0.3) is 86.6 Å². The normalized spacial score (nSPS) is 11.3. The van der Waals surface area contributed by atoms with Crippen LogP contribution in [0.2, 0.25) is 0 Å². The molecule has 0 radical (unpaired) electrons. The Kier molecular flexibility index (Phi) is 9.11. The first-order valence-electron chi connectivity index (χ1n) is 20.5. The molecule has 0 fully saturated rings. The lowest BCUT2D eigenvalue weighted by Crippen LogP contribution is -2.09. The van der Waals surface area contributed by atoms with Gasteiger partial charge in [-0.3, -0.25) is 0 Å². The molecule has 0 spiro atoms. The van der Waals surface area contributed by atoms with Crippen LogP contribution in [-0.2, 0) is 0 Å². The predicted octanol–water partition coefficient (Wildman–Crippen LogP) is 17.0. The zero-order chi connectivity index (χ0) is 39.8. The first kappa shape index (κ1) is 35.6. The van der Waals surface area contributed by atoms with Gasteiger partial charge in [0.2, 0.25) is 0 Å². The summed E-state index contributed by atoms with van der Waals surface area (Å²) in [5.41, 5.74) is 15.4. The Morgan fingerprint density at radius 1 is 0.267 bits per heavy atom. The molecule has 11 aromatic rings. The van der Waals surface area contributed by atoms with Gasteiger partial charge in [0, 0.05) is 37.2 Å². The zero-order valence-corrected chi connectivity index (χ0v) is 33.7. The lowest BCUT2D eigenvalue weighted by atomic mass is 9.93. The van der Waals surface area contributed by atoms with Crippen LogP contribution in [0.5, 0.6) is 0 Å². The van der Waals surface area contributed by atoms with Gasteiger partial charge < -0.3 is 4.90 Å². The SMILES string of the molecule is c1ccc(-c2cc(-c3ccccc3)cc(-c3ccc(N(c4ccc(-c5cccc6ccccc56)cc4)c4ccc(-c5cccc6c5sc5ccccc56)cc4)cc3)c2)cc1. The molecule has 0 aliphatic heterocycles. The van der Waals surface area contributed by atoms with E-state index in [9.17, 15) is 0 Å². The van der Waals surface area contributed by atoms with E-state index in [0.717, 1.165) is 17.1 Å². The molecule has 0 N–H and O–H groups in total. The van der Waals surface area contributed by atoms with E-state index in [-0.39, 0.29) is 0 Å². The monoisotopic (exact) mass is 781 g/mol. The summed E-state index contributed by atoms with van der Waals surface area (Å²) in [5, 5.41) is 5.14. The average molecular weight is 782 g/mol. The summed E-state index contributed by atoms with van der Waals surface area (Å²) in [7, 11) is 0. The average Bonchev–Trinajstić information content (AvgIpc) is 3.72. The van der Waals surface area contributed by atoms with Crippen molar-refractivity contribution in [1.29, 1.82) is 0 Å². The summed E-state index contributed by atoms with van der Waals surface area (Å²) >= 11 is 1.88. The number of rotatable bonds is 8. The van der Waals surface area contributed by atoms with Gasteiger partial charge in [0.25, 0.3) is 0 Å². The predicted molar refractivity (Wildman–Crippen MR) is 259 cm³/mol. The first-order chi connectivity index (χ1) is 29.7. The fraction of sp³-hybridized carbons (Fsp3) is 0. The molecule has 0 saturated heterocycles. The standard InChI is InChI=1S/C58H39NS/c1-3-13-40(14-4-1)46-37-47(41-15-5-2-6-16-41)39-48(38-46)42-25-31-49(32-26-42)59(50-33-27-44(28-34-50)53-21-11-18-43-17-7-8-19-52(43)53)51-35-29-45(30-36-51)54-22-12-23-56-55-20-9-10-24-57(55)60-58(54)56/h1-39H. The zero-order valence-electron chi connectivity index (χ0n) is 32.9. The van der Waals surface area contributed by atoms with Crippen LogP contribution in [0.4, 0.5) is 17.1 Å². The quantitative estimate of drug-likeness (QED) is 0.148. The van der Waals surface area contributed by atoms with Crippen LogP contribution in [0.1, 0.15) is 0 Å². The molecule has 0 atom stereocenters. The van der Waals surface area contributed by atoms with Crippen molar-refractivity contribution in [1.82, 2.24) is 0 Å². The third-order valence-corrected chi connectivity index (χ3v) is 12.9. The second kappa shape index (κ2) is 15.3. The van der Waals surface area contributed by atoms with Gasteiger partial charge in [-0.1, -0.05) is 176 Å². The molecular weight excluding hydrogens is 743 g/mol. The van der Waals surface area contributed by atoms with E-state index in [4.69, 9.17) is 0 Å². The number of thiophene rings is 1. The summed E-state index contributed by atoms with van der Waals surface area (Å²) < 4.78 is 2.65. The highest BCUT2D eigenvalue weighted by molar-refractivity contribution is 7.26. The number of fused-ring (bicyclic) bond motifs is 4. The maximum atomic E-state index is 2.37. The maximum absolute atomic E-state index is 2.37. The van der Waals surface area contributed by atoms with Gasteiger partial charge in [0.05, 0.1) is 0 Å². The molecule has 0 aliphatic carbocycles. The van der Waals surface area contributed by atoms with Gasteiger partial charge in [-0.05, 0) is 127 Å². The Bertz CT molecular complexity index is 3210. The highest BCUT2D eigenvalue weighted by atomic mass is 32.1. The Morgan fingerprint density at radius 3 is 1.28 bits per heavy atom. The van der Waals surface area contributed by atoms with Crippen molar-refractivity contribution in [3.8, 4) is 55.6 Å². The van der Waals surface area contributed by atoms with Gasteiger partial charge in [0.15, 0.2) is 0 Å². The Balaban J connectivity index is 0.999. The summed E-state index contributed by atoms with van der Waals surface area (Å²) in [4.78, 5) is 2.37. The van der Waals surface area contributed by atoms with E-state index < -0.39 is 0 Å². The Morgan fingerprint density at radius 2 is 0.683 bits per heavy atom. The Hall–Kier alpha value is -7.52. The number of anilines is 3. The van der Waals surface area contributed by atoms with Crippen molar-refractivity contribution in [2.45, 2.75) is 0 Å². The molecule has 1 nitrogen and oxygen atoms in total. The van der Waals surface area contributed by atoms with E-state index >= 15 is 0 Å². The molecule has 60 heavy (non-hydrogen) atoms. The van der Waals surface area contributed by atoms with Crippen LogP contribution >= 0.6 is 11.3 Å². The summed E-state index contributed by atoms with van der Waals surface area (Å²) in [6.07, 6.45) is 0. The van der Waals surface area contributed by atoms with Crippen LogP contribution in [0.15, 0.2) is 237 Å². The van der Waals surface area contributed by atoms with Gasteiger partial charge in [-0.2, -0.15) is 0 Å². The molecule has 0 saturated carbocycles. The first-order valence-corrected chi connectivity index (χ1v) is 21.3. The number of benzene rings is 10. The fourth-order valence-corrected chi connectivity index (χ4v) is 9.91. The van der Waals surface area contributed by atoms with E-state index in [1.807, 2.05) is 11.3 Å². The third kappa shape index (κ3) is 6.63. The molecule has 282 valence electrons. The third-order valence-electron chi connectivity index (χ3n) is 11.7. The molecule has 11 rings (SSSR count). The fourth-order valence-electron chi connectivity index (χ4n) is 8.67. The van der Waals surface area contributed by atoms with Crippen molar-refractivity contribution in [2.24, 2.45) is 0 Å². The summed E-state index contributed by atoms with van der Waals surface area (Å²) in [5.74, 6) is 0. The number of nitrogens with zero attached hydrogens (tertiary/aromatic N) is 1. The highest BCUT2D eigenvalue weighted by Crippen LogP contribution is 2.43. The summed E-state index contributed by atoms with van der Waals surface area (Å²) in [6.45, 7) is 0. The lowest BCUT2D eigenvalue weighted by Gasteiger charge is -2.26. The minimum absolute atomic E-state index is 1.10. The van der Waals surface area contributed by atoms with E-state index in [2.05, 4.69) is 241 Å². The lowest BCUT2D eigenvalue weighted by molar-refractivity contribution is 1.28. The second-order valence-corrected chi connectivity index (χ2v) is 16.4. The van der Waals surface area contributed by atoms with E-state index in [1.165, 1.54) is 86.6 Å². The molecular formula is C58H39NS. The topological polar surface area (TPSA) is 3.24 Å². The van der Waals surface area contributed by atoms with Crippen LogP contribution in [0.3, 0.4) is 0 Å². The molecule has 1 aromatic heterocycles. The van der Waals surface area contributed by atoms with Crippen molar-refractivity contribution >= 4 is 59.3 Å². The van der Waals surface area contributed by atoms with Crippen LogP contribution < -0.4 is 4.90 Å². The largest absolute Gasteiger partial charge is 0.311 e. The van der Waals surface area contributed by atoms with Gasteiger partial charge >= 0.3 is 0 Å². The second-order valence-electron chi connectivity index (χ2n) is 15.3. The smallest absolute Gasteiger partial charge is 0.0462 e. The molecule has 10 aromatic carbocycles. The maximum Gasteiger partial charge on any atom is 0.0462 e. The van der Waals surface area contributed by atoms with Crippen LogP contribution in [0, 0.1) is 0 Å². The minimum Gasteiger partial charge on any atom is -0.311 e. The van der Waals surface area contributed by atoms with E-state index in [1.54, 1.807) is 0 Å². The van der Waals surface area contributed by atoms with E-state index in [0.29, 0.717) is 0 Å². The van der Waals surface area contributed by atoms with Crippen molar-refractivity contribution in [3.05, 3.63) is 237 Å². The molecule has 0 unspecified atom stereocenters. The molecule has 0 aliphatic rings. The number of hydrogen-bond donors (Lipinski definition) is 0. The minimum atomic E-state index is 1.10. The molecule has 0 bridgehead atoms. The number of hydrogen-bond acceptors (Lipinski definition) is 2. The van der Waals surface area contributed by atoms with Crippen molar-refractivity contribution in [3.63, 3.8) is 0 Å². The van der Waals surface area contributed by atoms with Gasteiger partial charge in [0.1, 0.15) is 0 Å². The molecule has 2 heteroatoms.